The lowest BCUT2D eigenvalue weighted by molar-refractivity contribution is -0.139. The van der Waals surface area contributed by atoms with Gasteiger partial charge in [0.05, 0.1) is 11.4 Å². The normalized spacial score (nSPS) is 28.0. The number of hydrogen-bond donors (Lipinski definition) is 1. The summed E-state index contributed by atoms with van der Waals surface area (Å²) in [6.45, 7) is 6.23. The van der Waals surface area contributed by atoms with Crippen LogP contribution in [0.1, 0.15) is 73.7 Å². The van der Waals surface area contributed by atoms with Crippen LogP contribution in [0.5, 0.6) is 0 Å². The Labute approximate surface area is 225 Å². The van der Waals surface area contributed by atoms with Gasteiger partial charge in [-0.2, -0.15) is 11.8 Å². The van der Waals surface area contributed by atoms with Crippen molar-refractivity contribution in [3.8, 4) is 0 Å². The lowest BCUT2D eigenvalue weighted by atomic mass is 9.89. The summed E-state index contributed by atoms with van der Waals surface area (Å²) in [6, 6.07) is 6.86. The van der Waals surface area contributed by atoms with Gasteiger partial charge in [0.15, 0.2) is 5.78 Å². The molecule has 3 heterocycles. The van der Waals surface area contributed by atoms with Gasteiger partial charge in [0.2, 0.25) is 5.91 Å². The maximum atomic E-state index is 13.9. The fourth-order valence-corrected chi connectivity index (χ4v) is 7.64. The SMILES string of the molecule is CCCN1CCC(c2ccc(C(=O)N[C@H](C(=O)N3C[C@H](SC)[C@H]4OCC(=O)[C@H]43)C3CCCC3)cc2)CC1. The lowest BCUT2D eigenvalue weighted by Gasteiger charge is -2.32. The summed E-state index contributed by atoms with van der Waals surface area (Å²) < 4.78 is 5.75. The molecule has 4 atom stereocenters. The van der Waals surface area contributed by atoms with Crippen molar-refractivity contribution < 1.29 is 19.1 Å². The third-order valence-electron chi connectivity index (χ3n) is 8.92. The molecule has 202 valence electrons. The number of carbonyl (C=O) groups is 3. The van der Waals surface area contributed by atoms with Gasteiger partial charge in [0.1, 0.15) is 18.7 Å². The number of likely N-dealkylation sites (tertiary alicyclic amines) is 2. The van der Waals surface area contributed by atoms with E-state index in [0.717, 1.165) is 51.6 Å². The zero-order chi connectivity index (χ0) is 25.9. The minimum Gasteiger partial charge on any atom is -0.367 e. The van der Waals surface area contributed by atoms with Crippen LogP contribution in [0.4, 0.5) is 0 Å². The van der Waals surface area contributed by atoms with E-state index in [1.165, 1.54) is 18.5 Å². The highest BCUT2D eigenvalue weighted by atomic mass is 32.2. The zero-order valence-corrected chi connectivity index (χ0v) is 23.0. The third kappa shape index (κ3) is 5.62. The maximum absolute atomic E-state index is 13.9. The number of benzene rings is 1. The number of rotatable bonds is 8. The summed E-state index contributed by atoms with van der Waals surface area (Å²) in [6.07, 6.45) is 9.23. The second kappa shape index (κ2) is 11.9. The predicted molar refractivity (Wildman–Crippen MR) is 146 cm³/mol. The Hall–Kier alpha value is -1.90. The van der Waals surface area contributed by atoms with Crippen molar-refractivity contribution in [1.82, 2.24) is 15.1 Å². The van der Waals surface area contributed by atoms with Crippen LogP contribution < -0.4 is 5.32 Å². The van der Waals surface area contributed by atoms with Gasteiger partial charge >= 0.3 is 0 Å². The van der Waals surface area contributed by atoms with Crippen LogP contribution >= 0.6 is 11.8 Å². The summed E-state index contributed by atoms with van der Waals surface area (Å²) in [5.41, 5.74) is 1.88. The number of fused-ring (bicyclic) bond motifs is 1. The van der Waals surface area contributed by atoms with Crippen molar-refractivity contribution in [2.45, 2.75) is 81.2 Å². The number of Topliss-reactive ketones (excluding diaryl/α,β-unsaturated/α-hetero) is 1. The largest absolute Gasteiger partial charge is 0.367 e. The number of carbonyl (C=O) groups excluding carboxylic acids is 3. The van der Waals surface area contributed by atoms with Gasteiger partial charge < -0.3 is 19.9 Å². The molecule has 1 aromatic carbocycles. The van der Waals surface area contributed by atoms with Gasteiger partial charge in [-0.25, -0.2) is 0 Å². The Morgan fingerprint density at radius 1 is 1.11 bits per heavy atom. The van der Waals surface area contributed by atoms with Crippen molar-refractivity contribution in [3.05, 3.63) is 35.4 Å². The molecule has 7 nitrogen and oxygen atoms in total. The fourth-order valence-electron chi connectivity index (χ4n) is 6.83. The van der Waals surface area contributed by atoms with E-state index in [0.29, 0.717) is 18.0 Å². The molecule has 8 heteroatoms. The fraction of sp³-hybridized carbons (Fsp3) is 0.690. The van der Waals surface area contributed by atoms with E-state index < -0.39 is 12.1 Å². The van der Waals surface area contributed by atoms with E-state index in [2.05, 4.69) is 29.3 Å². The van der Waals surface area contributed by atoms with Gasteiger partial charge in [-0.05, 0) is 87.5 Å². The van der Waals surface area contributed by atoms with Gasteiger partial charge in [-0.15, -0.1) is 0 Å². The van der Waals surface area contributed by atoms with Crippen LogP contribution in [0.15, 0.2) is 24.3 Å². The maximum Gasteiger partial charge on any atom is 0.251 e. The van der Waals surface area contributed by atoms with Crippen molar-refractivity contribution in [3.63, 3.8) is 0 Å². The van der Waals surface area contributed by atoms with Gasteiger partial charge in [0, 0.05) is 12.1 Å². The molecule has 0 radical (unpaired) electrons. The number of thioether (sulfide) groups is 1. The molecular weight excluding hydrogens is 486 g/mol. The number of ketones is 1. The predicted octanol–water partition coefficient (Wildman–Crippen LogP) is 3.47. The molecule has 4 aliphatic rings. The van der Waals surface area contributed by atoms with E-state index in [1.54, 1.807) is 16.7 Å². The molecule has 5 rings (SSSR count). The minimum absolute atomic E-state index is 0.0254. The highest BCUT2D eigenvalue weighted by Crippen LogP contribution is 2.36. The number of nitrogens with zero attached hydrogens (tertiary/aromatic N) is 2. The Morgan fingerprint density at radius 3 is 2.46 bits per heavy atom. The molecule has 0 spiro atoms. The summed E-state index contributed by atoms with van der Waals surface area (Å²) in [5.74, 6) is 0.286. The molecule has 1 aromatic rings. The Bertz CT molecular complexity index is 972. The number of ether oxygens (including phenoxy) is 1. The molecule has 3 aliphatic heterocycles. The first-order valence-electron chi connectivity index (χ1n) is 14.1. The number of hydrogen-bond acceptors (Lipinski definition) is 6. The molecule has 4 fully saturated rings. The van der Waals surface area contributed by atoms with Crippen LogP contribution in [0.25, 0.3) is 0 Å². The van der Waals surface area contributed by atoms with E-state index in [9.17, 15) is 14.4 Å². The molecule has 1 aliphatic carbocycles. The first-order chi connectivity index (χ1) is 18.0. The number of amides is 2. The topological polar surface area (TPSA) is 79.0 Å². The average molecular weight is 528 g/mol. The molecule has 37 heavy (non-hydrogen) atoms. The Balaban J connectivity index is 1.27. The molecule has 0 unspecified atom stereocenters. The van der Waals surface area contributed by atoms with Crippen molar-refractivity contribution in [2.24, 2.45) is 5.92 Å². The Morgan fingerprint density at radius 2 is 1.81 bits per heavy atom. The monoisotopic (exact) mass is 527 g/mol. The summed E-state index contributed by atoms with van der Waals surface area (Å²) in [5, 5.41) is 3.19. The van der Waals surface area contributed by atoms with Crippen molar-refractivity contribution in [1.29, 1.82) is 0 Å². The number of nitrogens with one attached hydrogen (secondary N) is 1. The quantitative estimate of drug-likeness (QED) is 0.558. The summed E-state index contributed by atoms with van der Waals surface area (Å²) in [4.78, 5) is 44.1. The van der Waals surface area contributed by atoms with E-state index in [-0.39, 0.29) is 41.5 Å². The second-order valence-corrected chi connectivity index (χ2v) is 12.3. The summed E-state index contributed by atoms with van der Waals surface area (Å²) in [7, 11) is 0. The first kappa shape index (κ1) is 26.7. The van der Waals surface area contributed by atoms with Gasteiger partial charge in [-0.3, -0.25) is 14.4 Å². The smallest absolute Gasteiger partial charge is 0.251 e. The highest BCUT2D eigenvalue weighted by molar-refractivity contribution is 7.99. The van der Waals surface area contributed by atoms with Crippen LogP contribution in [0, 0.1) is 5.92 Å². The first-order valence-corrected chi connectivity index (χ1v) is 15.4. The average Bonchev–Trinajstić information content (AvgIpc) is 3.67. The van der Waals surface area contributed by atoms with E-state index in [1.807, 2.05) is 18.4 Å². The van der Waals surface area contributed by atoms with Crippen molar-refractivity contribution >= 4 is 29.4 Å². The molecule has 0 aromatic heterocycles. The molecule has 1 saturated carbocycles. The van der Waals surface area contributed by atoms with Crippen LogP contribution in [-0.2, 0) is 14.3 Å². The third-order valence-corrected chi connectivity index (χ3v) is 9.94. The lowest BCUT2D eigenvalue weighted by Crippen LogP contribution is -2.54. The van der Waals surface area contributed by atoms with Crippen LogP contribution in [0.2, 0.25) is 0 Å². The van der Waals surface area contributed by atoms with E-state index >= 15 is 0 Å². The number of piperidine rings is 1. The second-order valence-electron chi connectivity index (χ2n) is 11.2. The van der Waals surface area contributed by atoms with Gasteiger partial charge in [0.25, 0.3) is 5.91 Å². The molecular formula is C29H41N3O4S. The minimum atomic E-state index is -0.604. The highest BCUT2D eigenvalue weighted by Gasteiger charge is 2.53. The molecule has 3 saturated heterocycles. The standard InChI is InChI=1S/C29H41N3O4S/c1-3-14-31-15-12-20(13-16-31)19-8-10-22(11-9-19)28(34)30-25(21-6-4-5-7-21)29(35)32-17-24(37-2)27-26(32)23(33)18-36-27/h8-11,20-21,24-27H,3-7,12-18H2,1-2H3,(H,30,34)/t24-,25-,26+,27+/m0/s1. The van der Waals surface area contributed by atoms with Crippen LogP contribution in [-0.4, -0.2) is 89.9 Å². The van der Waals surface area contributed by atoms with Crippen LogP contribution in [0.3, 0.4) is 0 Å². The summed E-state index contributed by atoms with van der Waals surface area (Å²) >= 11 is 1.64. The molecule has 1 N–H and O–H groups in total. The Kier molecular flexibility index (Phi) is 8.57. The van der Waals surface area contributed by atoms with E-state index in [4.69, 9.17) is 4.74 Å². The zero-order valence-electron chi connectivity index (χ0n) is 22.2. The van der Waals surface area contributed by atoms with Gasteiger partial charge in [-0.1, -0.05) is 31.9 Å². The van der Waals surface area contributed by atoms with Crippen molar-refractivity contribution in [2.75, 3.05) is 39.0 Å². The molecule has 2 amide bonds. The molecule has 0 bridgehead atoms.